The fourth-order valence-electron chi connectivity index (χ4n) is 2.83. The van der Waals surface area contributed by atoms with Crippen LogP contribution in [0.15, 0.2) is 34.8 Å². The molecule has 0 unspecified atom stereocenters. The highest BCUT2D eigenvalue weighted by atomic mass is 79.9. The molecule has 1 fully saturated rings. The molecule has 148 valence electrons. The molecule has 1 saturated carbocycles. The highest BCUT2D eigenvalue weighted by Crippen LogP contribution is 2.22. The normalized spacial score (nSPS) is 16.3. The highest BCUT2D eigenvalue weighted by molar-refractivity contribution is 9.10. The van der Waals surface area contributed by atoms with E-state index in [0.717, 1.165) is 35.7 Å². The minimum absolute atomic E-state index is 0.0455. The average Bonchev–Trinajstić information content (AvgIpc) is 3.07. The van der Waals surface area contributed by atoms with Gasteiger partial charge >= 0.3 is 12.1 Å². The lowest BCUT2D eigenvalue weighted by Gasteiger charge is -2.23. The molecule has 0 saturated heterocycles. The molecular weight excluding hydrogens is 410 g/mol. The molecule has 1 aromatic carbocycles. The Bertz CT molecular complexity index is 658. The first-order chi connectivity index (χ1) is 12.7. The summed E-state index contributed by atoms with van der Waals surface area (Å²) in [6, 6.07) is 7.06. The van der Waals surface area contributed by atoms with Crippen molar-refractivity contribution in [1.29, 1.82) is 0 Å². The Kier molecular flexibility index (Phi) is 7.90. The number of benzene rings is 1. The number of nitrogens with one attached hydrogen (secondary N) is 1. The van der Waals surface area contributed by atoms with E-state index in [-0.39, 0.29) is 6.10 Å². The van der Waals surface area contributed by atoms with Gasteiger partial charge in [0.15, 0.2) is 0 Å². The fraction of sp³-hybridized carbons (Fsp3) is 0.524. The number of hydrogen-bond donors (Lipinski definition) is 1. The second-order valence-electron chi connectivity index (χ2n) is 7.73. The SMILES string of the molecule is CC(C)(C)OC(=O)N[C@@H](C/C=C\c1ccc(Br)cc1)C(=O)OC1CCCC1. The third kappa shape index (κ3) is 8.16. The van der Waals surface area contributed by atoms with Crippen molar-refractivity contribution in [2.24, 2.45) is 0 Å². The quantitative estimate of drug-likeness (QED) is 0.618. The molecule has 0 radical (unpaired) electrons. The zero-order valence-electron chi connectivity index (χ0n) is 16.2. The molecule has 0 aliphatic heterocycles. The lowest BCUT2D eigenvalue weighted by Crippen LogP contribution is -2.44. The number of carbonyl (C=O) groups excluding carboxylic acids is 2. The van der Waals surface area contributed by atoms with Gasteiger partial charge in [-0.1, -0.05) is 40.2 Å². The van der Waals surface area contributed by atoms with Crippen LogP contribution in [-0.4, -0.2) is 29.8 Å². The molecule has 1 atom stereocenters. The van der Waals surface area contributed by atoms with E-state index in [1.807, 2.05) is 36.4 Å². The van der Waals surface area contributed by atoms with Gasteiger partial charge < -0.3 is 14.8 Å². The van der Waals surface area contributed by atoms with Crippen LogP contribution in [0, 0.1) is 0 Å². The first-order valence-corrected chi connectivity index (χ1v) is 10.1. The zero-order chi connectivity index (χ0) is 19.9. The van der Waals surface area contributed by atoms with Crippen molar-refractivity contribution < 1.29 is 19.1 Å². The van der Waals surface area contributed by atoms with E-state index >= 15 is 0 Å². The Morgan fingerprint density at radius 3 is 2.44 bits per heavy atom. The number of alkyl carbamates (subject to hydrolysis) is 1. The van der Waals surface area contributed by atoms with Crippen LogP contribution in [0.25, 0.3) is 6.08 Å². The molecule has 1 aliphatic rings. The summed E-state index contributed by atoms with van der Waals surface area (Å²) < 4.78 is 11.9. The van der Waals surface area contributed by atoms with Gasteiger partial charge in [0, 0.05) is 4.47 Å². The number of ether oxygens (including phenoxy) is 2. The topological polar surface area (TPSA) is 64.6 Å². The Morgan fingerprint density at radius 1 is 1.22 bits per heavy atom. The van der Waals surface area contributed by atoms with E-state index in [9.17, 15) is 9.59 Å². The van der Waals surface area contributed by atoms with Gasteiger partial charge in [-0.25, -0.2) is 9.59 Å². The third-order valence-electron chi connectivity index (χ3n) is 4.11. The molecule has 0 aromatic heterocycles. The van der Waals surface area contributed by atoms with Crippen LogP contribution in [0.3, 0.4) is 0 Å². The van der Waals surface area contributed by atoms with Gasteiger partial charge in [-0.05, 0) is 70.6 Å². The van der Waals surface area contributed by atoms with Crippen LogP contribution < -0.4 is 5.32 Å². The number of halogens is 1. The molecule has 1 aliphatic carbocycles. The molecule has 0 bridgehead atoms. The summed E-state index contributed by atoms with van der Waals surface area (Å²) >= 11 is 3.40. The second kappa shape index (κ2) is 9.93. The molecule has 6 heteroatoms. The Labute approximate surface area is 169 Å². The van der Waals surface area contributed by atoms with Crippen LogP contribution in [0.5, 0.6) is 0 Å². The molecular formula is C21H28BrNO4. The van der Waals surface area contributed by atoms with Crippen LogP contribution >= 0.6 is 15.9 Å². The summed E-state index contributed by atoms with van der Waals surface area (Å²) in [5.41, 5.74) is 0.385. The maximum Gasteiger partial charge on any atom is 0.408 e. The van der Waals surface area contributed by atoms with Gasteiger partial charge in [-0.2, -0.15) is 0 Å². The summed E-state index contributed by atoms with van der Waals surface area (Å²) in [6.07, 6.45) is 7.38. The number of amides is 1. The van der Waals surface area contributed by atoms with Crippen molar-refractivity contribution in [1.82, 2.24) is 5.32 Å². The largest absolute Gasteiger partial charge is 0.461 e. The first kappa shape index (κ1) is 21.5. The minimum Gasteiger partial charge on any atom is -0.461 e. The molecule has 27 heavy (non-hydrogen) atoms. The van der Waals surface area contributed by atoms with Crippen molar-refractivity contribution in [2.45, 2.75) is 70.6 Å². The van der Waals surface area contributed by atoms with Crippen molar-refractivity contribution >= 4 is 34.1 Å². The third-order valence-corrected chi connectivity index (χ3v) is 4.64. The Balaban J connectivity index is 1.99. The molecule has 5 nitrogen and oxygen atoms in total. The minimum atomic E-state index is -0.771. The predicted octanol–water partition coefficient (Wildman–Crippen LogP) is 5.23. The van der Waals surface area contributed by atoms with Crippen LogP contribution in [-0.2, 0) is 14.3 Å². The van der Waals surface area contributed by atoms with Crippen LogP contribution in [0.4, 0.5) is 4.79 Å². The summed E-state index contributed by atoms with van der Waals surface area (Å²) in [7, 11) is 0. The van der Waals surface area contributed by atoms with Crippen LogP contribution in [0.2, 0.25) is 0 Å². The van der Waals surface area contributed by atoms with E-state index in [1.165, 1.54) is 0 Å². The number of carbonyl (C=O) groups is 2. The molecule has 0 spiro atoms. The van der Waals surface area contributed by atoms with Crippen LogP contribution in [0.1, 0.15) is 58.4 Å². The van der Waals surface area contributed by atoms with E-state index in [0.29, 0.717) is 6.42 Å². The number of rotatable bonds is 6. The van der Waals surface area contributed by atoms with Crippen molar-refractivity contribution in [3.8, 4) is 0 Å². The number of esters is 1. The zero-order valence-corrected chi connectivity index (χ0v) is 17.8. The molecule has 1 aromatic rings. The summed E-state index contributed by atoms with van der Waals surface area (Å²) in [6.45, 7) is 5.35. The van der Waals surface area contributed by atoms with Gasteiger partial charge in [-0.15, -0.1) is 0 Å². The second-order valence-corrected chi connectivity index (χ2v) is 8.65. The van der Waals surface area contributed by atoms with E-state index in [1.54, 1.807) is 20.8 Å². The molecule has 1 N–H and O–H groups in total. The van der Waals surface area contributed by atoms with E-state index in [4.69, 9.17) is 9.47 Å². The van der Waals surface area contributed by atoms with Gasteiger partial charge in [-0.3, -0.25) is 0 Å². The molecule has 1 amide bonds. The molecule has 2 rings (SSSR count). The molecule has 0 heterocycles. The highest BCUT2D eigenvalue weighted by Gasteiger charge is 2.27. The van der Waals surface area contributed by atoms with Crippen molar-refractivity contribution in [3.05, 3.63) is 40.4 Å². The van der Waals surface area contributed by atoms with Gasteiger partial charge in [0.25, 0.3) is 0 Å². The van der Waals surface area contributed by atoms with E-state index in [2.05, 4.69) is 21.2 Å². The average molecular weight is 438 g/mol. The summed E-state index contributed by atoms with van der Waals surface area (Å²) in [4.78, 5) is 24.7. The van der Waals surface area contributed by atoms with Gasteiger partial charge in [0.1, 0.15) is 17.7 Å². The lowest BCUT2D eigenvalue weighted by molar-refractivity contribution is -0.151. The summed E-state index contributed by atoms with van der Waals surface area (Å²) in [5.74, 6) is -0.409. The van der Waals surface area contributed by atoms with E-state index < -0.39 is 23.7 Å². The lowest BCUT2D eigenvalue weighted by atomic mass is 10.1. The van der Waals surface area contributed by atoms with Crippen molar-refractivity contribution in [3.63, 3.8) is 0 Å². The Hall–Kier alpha value is -1.82. The monoisotopic (exact) mass is 437 g/mol. The standard InChI is InChI=1S/C21H28BrNO4/c1-21(2,3)27-20(25)23-18(19(24)26-17-8-4-5-9-17)10-6-7-15-11-13-16(22)14-12-15/h6-7,11-14,17-18H,4-5,8-10H2,1-3H3,(H,23,25)/b7-6-/t18-/m0/s1. The Morgan fingerprint density at radius 2 is 1.85 bits per heavy atom. The van der Waals surface area contributed by atoms with Gasteiger partial charge in [0.05, 0.1) is 0 Å². The van der Waals surface area contributed by atoms with Crippen molar-refractivity contribution in [2.75, 3.05) is 0 Å². The smallest absolute Gasteiger partial charge is 0.408 e. The summed E-state index contributed by atoms with van der Waals surface area (Å²) in [5, 5.41) is 2.65. The maximum atomic E-state index is 12.6. The maximum absolute atomic E-state index is 12.6. The predicted molar refractivity (Wildman–Crippen MR) is 109 cm³/mol. The fourth-order valence-corrected chi connectivity index (χ4v) is 3.09. The van der Waals surface area contributed by atoms with Gasteiger partial charge in [0.2, 0.25) is 0 Å². The first-order valence-electron chi connectivity index (χ1n) is 9.35. The number of hydrogen-bond acceptors (Lipinski definition) is 4.